The first kappa shape index (κ1) is 25.2. The summed E-state index contributed by atoms with van der Waals surface area (Å²) in [5.74, 6) is 0.562. The zero-order valence-electron chi connectivity index (χ0n) is 22.7. The lowest BCUT2D eigenvalue weighted by molar-refractivity contribution is -0.119. The monoisotopic (exact) mass is 540 g/mol. The number of anilines is 2. The number of rotatable bonds is 4. The van der Waals surface area contributed by atoms with Gasteiger partial charge in [0.15, 0.2) is 11.2 Å². The molecular formula is C31H29ClN4O3. The molecule has 7 nitrogen and oxygen atoms in total. The Kier molecular flexibility index (Phi) is 5.63. The van der Waals surface area contributed by atoms with Gasteiger partial charge in [-0.15, -0.1) is 0 Å². The average molecular weight is 541 g/mol. The lowest BCUT2D eigenvalue weighted by atomic mass is 9.86. The maximum Gasteiger partial charge on any atom is 0.280 e. The van der Waals surface area contributed by atoms with Crippen LogP contribution in [0.1, 0.15) is 58.3 Å². The van der Waals surface area contributed by atoms with Crippen molar-refractivity contribution < 1.29 is 14.3 Å². The van der Waals surface area contributed by atoms with Crippen molar-refractivity contribution in [2.24, 2.45) is 0 Å². The van der Waals surface area contributed by atoms with Gasteiger partial charge in [0.25, 0.3) is 11.8 Å². The van der Waals surface area contributed by atoms with Crippen LogP contribution in [-0.2, 0) is 10.3 Å². The molecule has 1 N–H and O–H groups in total. The Morgan fingerprint density at radius 2 is 1.69 bits per heavy atom. The van der Waals surface area contributed by atoms with E-state index in [2.05, 4.69) is 5.32 Å². The molecule has 0 fully saturated rings. The van der Waals surface area contributed by atoms with Crippen molar-refractivity contribution in [3.8, 4) is 17.1 Å². The summed E-state index contributed by atoms with van der Waals surface area (Å²) in [6.45, 7) is 9.94. The fraction of sp³-hybridized carbons (Fsp3) is 0.258. The van der Waals surface area contributed by atoms with E-state index < -0.39 is 5.54 Å². The molecule has 3 heterocycles. The van der Waals surface area contributed by atoms with Gasteiger partial charge in [0.05, 0.1) is 24.1 Å². The molecule has 0 saturated carbocycles. The highest BCUT2D eigenvalue weighted by molar-refractivity contribution is 6.31. The van der Waals surface area contributed by atoms with Gasteiger partial charge in [0, 0.05) is 22.3 Å². The van der Waals surface area contributed by atoms with Gasteiger partial charge in [-0.3, -0.25) is 14.5 Å². The molecule has 0 aliphatic carbocycles. The zero-order chi connectivity index (χ0) is 27.8. The summed E-state index contributed by atoms with van der Waals surface area (Å²) >= 11 is 6.44. The van der Waals surface area contributed by atoms with Crippen LogP contribution in [0.25, 0.3) is 11.4 Å². The van der Waals surface area contributed by atoms with Crippen LogP contribution in [0.5, 0.6) is 5.75 Å². The van der Waals surface area contributed by atoms with Gasteiger partial charge in [0.1, 0.15) is 11.6 Å². The molecule has 1 unspecified atom stereocenters. The van der Waals surface area contributed by atoms with Crippen LogP contribution in [0.2, 0.25) is 5.02 Å². The van der Waals surface area contributed by atoms with Crippen molar-refractivity contribution in [3.05, 3.63) is 93.3 Å². The minimum atomic E-state index is -1.47. The number of aryl methyl sites for hydroxylation is 3. The third-order valence-electron chi connectivity index (χ3n) is 7.66. The molecule has 3 aromatic carbocycles. The molecule has 1 atom stereocenters. The number of hydrogen-bond acceptors (Lipinski definition) is 4. The Hall–Kier alpha value is -4.10. The standard InChI is InChI=1S/C31H29ClN4O3/c1-16(2)35-27-26(34-28(35)21-13-17(3)8-12-25(21)39-6)29(37)36(24-15-20(32)10-9-19(24)5)31(27)22-11-7-18(4)14-23(22)33-30(31)38/h7-16H,1-6H3,(H,33,38). The van der Waals surface area contributed by atoms with Crippen LogP contribution in [0.4, 0.5) is 11.4 Å². The molecule has 4 aromatic rings. The number of fused-ring (bicyclic) bond motifs is 4. The van der Waals surface area contributed by atoms with Crippen molar-refractivity contribution >= 4 is 34.8 Å². The molecule has 6 rings (SSSR count). The maximum absolute atomic E-state index is 14.5. The molecule has 198 valence electrons. The van der Waals surface area contributed by atoms with Crippen LogP contribution >= 0.6 is 11.6 Å². The third kappa shape index (κ3) is 3.39. The number of ether oxygens (including phenoxy) is 1. The quantitative estimate of drug-likeness (QED) is 0.317. The van der Waals surface area contributed by atoms with Gasteiger partial charge in [-0.25, -0.2) is 4.98 Å². The first-order valence-electron chi connectivity index (χ1n) is 12.9. The lowest BCUT2D eigenvalue weighted by Gasteiger charge is -2.36. The van der Waals surface area contributed by atoms with Gasteiger partial charge in [-0.05, 0) is 76.1 Å². The van der Waals surface area contributed by atoms with Crippen LogP contribution < -0.4 is 15.0 Å². The number of halogens is 1. The van der Waals surface area contributed by atoms with Gasteiger partial charge in [-0.1, -0.05) is 41.4 Å². The minimum absolute atomic E-state index is 0.131. The summed E-state index contributed by atoms with van der Waals surface area (Å²) in [6.07, 6.45) is 0. The first-order chi connectivity index (χ1) is 18.6. The Morgan fingerprint density at radius 3 is 2.41 bits per heavy atom. The van der Waals surface area contributed by atoms with Crippen LogP contribution in [0.3, 0.4) is 0 Å². The van der Waals surface area contributed by atoms with Crippen LogP contribution in [-0.4, -0.2) is 28.5 Å². The number of methoxy groups -OCH3 is 1. The van der Waals surface area contributed by atoms with Gasteiger partial charge in [-0.2, -0.15) is 0 Å². The smallest absolute Gasteiger partial charge is 0.280 e. The number of benzene rings is 3. The minimum Gasteiger partial charge on any atom is -0.496 e. The van der Waals surface area contributed by atoms with Crippen LogP contribution in [0, 0.1) is 20.8 Å². The van der Waals surface area contributed by atoms with E-state index in [1.807, 2.05) is 81.7 Å². The van der Waals surface area contributed by atoms with E-state index in [0.717, 1.165) is 22.3 Å². The molecule has 0 bridgehead atoms. The van der Waals surface area contributed by atoms with Crippen molar-refractivity contribution in [2.45, 2.75) is 46.2 Å². The molecule has 1 aromatic heterocycles. The molecule has 8 heteroatoms. The number of hydrogen-bond donors (Lipinski definition) is 1. The molecule has 0 saturated heterocycles. The highest BCUT2D eigenvalue weighted by atomic mass is 35.5. The highest BCUT2D eigenvalue weighted by Crippen LogP contribution is 2.55. The SMILES string of the molecule is COc1ccc(C)cc1-c1nc2c(n1C(C)C)C1(C(=O)Nc3cc(C)ccc31)N(c1cc(Cl)ccc1C)C2=O. The molecule has 0 radical (unpaired) electrons. The highest BCUT2D eigenvalue weighted by Gasteiger charge is 2.64. The lowest BCUT2D eigenvalue weighted by Crippen LogP contribution is -2.51. The number of carbonyl (C=O) groups is 2. The molecule has 39 heavy (non-hydrogen) atoms. The average Bonchev–Trinajstić information content (AvgIpc) is 3.49. The summed E-state index contributed by atoms with van der Waals surface area (Å²) in [6, 6.07) is 17.0. The van der Waals surface area contributed by atoms with E-state index in [1.54, 1.807) is 24.1 Å². The predicted molar refractivity (Wildman–Crippen MR) is 153 cm³/mol. The number of carbonyl (C=O) groups excluding carboxylic acids is 2. The molecule has 1 spiro atoms. The fourth-order valence-electron chi connectivity index (χ4n) is 5.96. The summed E-state index contributed by atoms with van der Waals surface area (Å²) in [5.41, 5.74) is 4.87. The normalized spacial score (nSPS) is 17.7. The summed E-state index contributed by atoms with van der Waals surface area (Å²) in [5, 5.41) is 3.56. The number of nitrogens with zero attached hydrogens (tertiary/aromatic N) is 3. The Balaban J connectivity index is 1.75. The second-order valence-electron chi connectivity index (χ2n) is 10.6. The number of aromatic nitrogens is 2. The van der Waals surface area contributed by atoms with Gasteiger partial charge < -0.3 is 14.6 Å². The molecular weight excluding hydrogens is 512 g/mol. The van der Waals surface area contributed by atoms with Gasteiger partial charge >= 0.3 is 0 Å². The summed E-state index contributed by atoms with van der Waals surface area (Å²) < 4.78 is 7.71. The van der Waals surface area contributed by atoms with Crippen molar-refractivity contribution in [3.63, 3.8) is 0 Å². The summed E-state index contributed by atoms with van der Waals surface area (Å²) in [7, 11) is 1.61. The Labute approximate surface area is 232 Å². The van der Waals surface area contributed by atoms with E-state index >= 15 is 0 Å². The second-order valence-corrected chi connectivity index (χ2v) is 11.0. The molecule has 2 aliphatic heterocycles. The molecule has 2 aliphatic rings. The molecule has 2 amide bonds. The van der Waals surface area contributed by atoms with Crippen molar-refractivity contribution in [2.75, 3.05) is 17.3 Å². The van der Waals surface area contributed by atoms with Crippen molar-refractivity contribution in [1.82, 2.24) is 9.55 Å². The van der Waals surface area contributed by atoms with Gasteiger partial charge in [0.2, 0.25) is 0 Å². The summed E-state index contributed by atoms with van der Waals surface area (Å²) in [4.78, 5) is 35.4. The fourth-order valence-corrected chi connectivity index (χ4v) is 6.13. The van der Waals surface area contributed by atoms with E-state index in [-0.39, 0.29) is 23.6 Å². The Bertz CT molecular complexity index is 1710. The third-order valence-corrected chi connectivity index (χ3v) is 7.90. The van der Waals surface area contributed by atoms with E-state index in [1.165, 1.54) is 0 Å². The second kappa shape index (κ2) is 8.71. The Morgan fingerprint density at radius 1 is 0.974 bits per heavy atom. The van der Waals surface area contributed by atoms with Crippen LogP contribution in [0.15, 0.2) is 54.6 Å². The maximum atomic E-state index is 14.5. The predicted octanol–water partition coefficient (Wildman–Crippen LogP) is 6.57. The zero-order valence-corrected chi connectivity index (χ0v) is 23.5. The number of imidazole rings is 1. The number of nitrogens with one attached hydrogen (secondary N) is 1. The topological polar surface area (TPSA) is 76.5 Å². The van der Waals surface area contributed by atoms with Crippen molar-refractivity contribution in [1.29, 1.82) is 0 Å². The van der Waals surface area contributed by atoms with E-state index in [9.17, 15) is 9.59 Å². The van der Waals surface area contributed by atoms with E-state index in [0.29, 0.717) is 39.2 Å². The van der Waals surface area contributed by atoms with E-state index in [4.69, 9.17) is 21.3 Å². The largest absolute Gasteiger partial charge is 0.496 e. The number of amides is 2. The first-order valence-corrected chi connectivity index (χ1v) is 13.3.